The molecule has 1 radical (unpaired) electrons. The Balaban J connectivity index is -0.000000348. The van der Waals surface area contributed by atoms with Crippen LogP contribution in [-0.4, -0.2) is 17.6 Å². The second-order valence-electron chi connectivity index (χ2n) is 5.82. The van der Waals surface area contributed by atoms with E-state index in [2.05, 4.69) is 13.8 Å². The van der Waals surface area contributed by atoms with E-state index in [9.17, 15) is 4.79 Å². The predicted molar refractivity (Wildman–Crippen MR) is 92.7 cm³/mol. The van der Waals surface area contributed by atoms with Gasteiger partial charge in [-0.15, -0.1) is 0 Å². The molecule has 4 heteroatoms. The van der Waals surface area contributed by atoms with Crippen molar-refractivity contribution in [3.63, 3.8) is 0 Å². The summed E-state index contributed by atoms with van der Waals surface area (Å²) < 4.78 is 0. The van der Waals surface area contributed by atoms with Crippen molar-refractivity contribution in [2.24, 2.45) is 5.73 Å². The van der Waals surface area contributed by atoms with E-state index < -0.39 is 5.97 Å². The van der Waals surface area contributed by atoms with Crippen molar-refractivity contribution in [3.05, 3.63) is 0 Å². The zero-order valence-corrected chi connectivity index (χ0v) is 16.3. The Kier molecular flexibility index (Phi) is 32.1. The zero-order valence-electron chi connectivity index (χ0n) is 14.8. The van der Waals surface area contributed by atoms with Crippen LogP contribution >= 0.6 is 0 Å². The molecule has 0 unspecified atom stereocenters. The van der Waals surface area contributed by atoms with Crippen LogP contribution in [0.25, 0.3) is 0 Å². The molecule has 3 N–H and O–H groups in total. The van der Waals surface area contributed by atoms with Gasteiger partial charge in [0.15, 0.2) is 0 Å². The van der Waals surface area contributed by atoms with E-state index in [1.807, 2.05) is 0 Å². The molecule has 0 atom stereocenters. The van der Waals surface area contributed by atoms with Gasteiger partial charge in [-0.2, -0.15) is 0 Å². The van der Waals surface area contributed by atoms with Gasteiger partial charge in [0, 0.05) is 28.8 Å². The minimum Gasteiger partial charge on any atom is -0.481 e. The first-order valence-corrected chi connectivity index (χ1v) is 9.10. The Hall–Kier alpha value is 0.170. The Labute approximate surface area is 154 Å². The van der Waals surface area contributed by atoms with E-state index in [4.69, 9.17) is 10.8 Å². The number of nitrogens with two attached hydrogens (primary N) is 1. The molecule has 0 aromatic heterocycles. The van der Waals surface area contributed by atoms with Gasteiger partial charge in [-0.05, 0) is 19.4 Å². The first kappa shape index (κ1) is 27.0. The van der Waals surface area contributed by atoms with Gasteiger partial charge in [0.25, 0.3) is 0 Å². The smallest absolute Gasteiger partial charge is 0.303 e. The van der Waals surface area contributed by atoms with Crippen LogP contribution in [0.3, 0.4) is 0 Å². The minimum atomic E-state index is -0.682. The summed E-state index contributed by atoms with van der Waals surface area (Å²) in [6.07, 6.45) is 17.2. The maximum atomic E-state index is 9.87. The number of rotatable bonds is 14. The van der Waals surface area contributed by atoms with Crippen molar-refractivity contribution in [3.8, 4) is 0 Å². The number of carboxylic acid groups (broad SMARTS) is 1. The summed E-state index contributed by atoms with van der Waals surface area (Å²) in [5.74, 6) is -0.682. The molecule has 0 saturated carbocycles. The molecular formula is C18H39AgNO2. The summed E-state index contributed by atoms with van der Waals surface area (Å²) in [5.41, 5.74) is 5.42. The molecule has 0 aliphatic carbocycles. The van der Waals surface area contributed by atoms with Gasteiger partial charge in [0.1, 0.15) is 0 Å². The van der Waals surface area contributed by atoms with Crippen LogP contribution in [0.2, 0.25) is 0 Å². The summed E-state index contributed by atoms with van der Waals surface area (Å²) in [4.78, 5) is 9.87. The first-order valence-electron chi connectivity index (χ1n) is 9.10. The van der Waals surface area contributed by atoms with E-state index in [0.29, 0.717) is 6.42 Å². The second-order valence-corrected chi connectivity index (χ2v) is 5.82. The van der Waals surface area contributed by atoms with Crippen LogP contribution in [0.15, 0.2) is 0 Å². The van der Waals surface area contributed by atoms with Crippen molar-refractivity contribution in [2.45, 2.75) is 104 Å². The zero-order chi connectivity index (χ0) is 16.2. The summed E-state index contributed by atoms with van der Waals surface area (Å²) in [7, 11) is 0. The third-order valence-corrected chi connectivity index (χ3v) is 3.55. The van der Waals surface area contributed by atoms with E-state index in [1.54, 1.807) is 0 Å². The van der Waals surface area contributed by atoms with Crippen LogP contribution in [-0.2, 0) is 27.2 Å². The number of hydrogen-bond acceptors (Lipinski definition) is 2. The van der Waals surface area contributed by atoms with Crippen LogP contribution < -0.4 is 5.73 Å². The first-order chi connectivity index (χ1) is 10.2. The van der Waals surface area contributed by atoms with Crippen molar-refractivity contribution in [1.82, 2.24) is 0 Å². The second kappa shape index (κ2) is 26.1. The quantitative estimate of drug-likeness (QED) is 0.294. The third kappa shape index (κ3) is 32.2. The summed E-state index contributed by atoms with van der Waals surface area (Å²) in [6, 6.07) is 0. The standard InChI is InChI=1S/C12H27N.C6H12O2.Ag/c1-2-3-4-5-6-7-8-9-10-11-12-13;1-2-3-4-5-6(7)8;/h2-13H2,1H3;2-5H2,1H3,(H,7,8);. The van der Waals surface area contributed by atoms with Gasteiger partial charge >= 0.3 is 5.97 Å². The number of unbranched alkanes of at least 4 members (excludes halogenated alkanes) is 11. The SMILES string of the molecule is CCCCCC(=O)O.CCCCCCCCCCCCN.[Ag]. The average molecular weight is 409 g/mol. The van der Waals surface area contributed by atoms with E-state index in [-0.39, 0.29) is 22.4 Å². The molecule has 0 rings (SSSR count). The summed E-state index contributed by atoms with van der Waals surface area (Å²) >= 11 is 0. The van der Waals surface area contributed by atoms with Crippen molar-refractivity contribution < 1.29 is 32.3 Å². The van der Waals surface area contributed by atoms with Crippen molar-refractivity contribution in [1.29, 1.82) is 0 Å². The van der Waals surface area contributed by atoms with Crippen LogP contribution in [0.5, 0.6) is 0 Å². The van der Waals surface area contributed by atoms with Crippen molar-refractivity contribution >= 4 is 5.97 Å². The molecular weight excluding hydrogens is 370 g/mol. The number of carbonyl (C=O) groups is 1. The molecule has 3 nitrogen and oxygen atoms in total. The molecule has 139 valence electrons. The largest absolute Gasteiger partial charge is 0.481 e. The summed E-state index contributed by atoms with van der Waals surface area (Å²) in [6.45, 7) is 5.20. The number of hydrogen-bond donors (Lipinski definition) is 2. The molecule has 0 saturated heterocycles. The van der Waals surface area contributed by atoms with Crippen molar-refractivity contribution in [2.75, 3.05) is 6.54 Å². The van der Waals surface area contributed by atoms with Gasteiger partial charge < -0.3 is 10.8 Å². The fraction of sp³-hybridized carbons (Fsp3) is 0.944. The Morgan fingerprint density at radius 3 is 1.45 bits per heavy atom. The van der Waals surface area contributed by atoms with Crippen LogP contribution in [0.1, 0.15) is 104 Å². The van der Waals surface area contributed by atoms with Gasteiger partial charge in [-0.1, -0.05) is 84.5 Å². The molecule has 0 aliphatic rings. The normalized spacial score (nSPS) is 9.59. The maximum Gasteiger partial charge on any atom is 0.303 e. The molecule has 0 spiro atoms. The topological polar surface area (TPSA) is 63.3 Å². The van der Waals surface area contributed by atoms with E-state index in [1.165, 1.54) is 64.2 Å². The Bertz CT molecular complexity index is 192. The van der Waals surface area contributed by atoms with E-state index >= 15 is 0 Å². The Morgan fingerprint density at radius 1 is 0.727 bits per heavy atom. The number of carboxylic acids is 1. The van der Waals surface area contributed by atoms with Gasteiger partial charge in [0.2, 0.25) is 0 Å². The molecule has 0 aromatic rings. The molecule has 0 fully saturated rings. The van der Waals surface area contributed by atoms with Crippen LogP contribution in [0, 0.1) is 0 Å². The average Bonchev–Trinajstić information content (AvgIpc) is 2.46. The molecule has 0 aromatic carbocycles. The Morgan fingerprint density at radius 2 is 1.09 bits per heavy atom. The predicted octanol–water partition coefficient (Wildman–Crippen LogP) is 5.51. The third-order valence-electron chi connectivity index (χ3n) is 3.55. The fourth-order valence-electron chi connectivity index (χ4n) is 2.16. The van der Waals surface area contributed by atoms with Crippen LogP contribution in [0.4, 0.5) is 0 Å². The van der Waals surface area contributed by atoms with Gasteiger partial charge in [-0.25, -0.2) is 0 Å². The number of aliphatic carboxylic acids is 1. The van der Waals surface area contributed by atoms with Gasteiger partial charge in [0.05, 0.1) is 0 Å². The van der Waals surface area contributed by atoms with E-state index in [0.717, 1.165) is 25.8 Å². The molecule has 22 heavy (non-hydrogen) atoms. The molecule has 0 amide bonds. The maximum absolute atomic E-state index is 9.87. The molecule has 0 aliphatic heterocycles. The minimum absolute atomic E-state index is 0. The monoisotopic (exact) mass is 408 g/mol. The molecule has 0 bridgehead atoms. The molecule has 0 heterocycles. The summed E-state index contributed by atoms with van der Waals surface area (Å²) in [5, 5.41) is 8.14. The fourth-order valence-corrected chi connectivity index (χ4v) is 2.16. The van der Waals surface area contributed by atoms with Gasteiger partial charge in [-0.3, -0.25) is 4.79 Å².